The van der Waals surface area contributed by atoms with Crippen LogP contribution < -0.4 is 5.32 Å². The third-order valence-corrected chi connectivity index (χ3v) is 2.33. The van der Waals surface area contributed by atoms with Gasteiger partial charge in [0.2, 0.25) is 0 Å². The average molecular weight is 203 g/mol. The van der Waals surface area contributed by atoms with E-state index >= 15 is 0 Å². The Bertz CT molecular complexity index is 361. The van der Waals surface area contributed by atoms with E-state index in [2.05, 4.69) is 11.9 Å². The third kappa shape index (κ3) is 2.44. The van der Waals surface area contributed by atoms with Gasteiger partial charge in [0.1, 0.15) is 6.10 Å². The number of carbonyl (C=O) groups excluding carboxylic acids is 1. The fraction of sp³-hybridized carbons (Fsp3) is 0.250. The molecule has 1 fully saturated rings. The van der Waals surface area contributed by atoms with Crippen LogP contribution in [0.25, 0.3) is 0 Å². The Balaban J connectivity index is 1.79. The summed E-state index contributed by atoms with van der Waals surface area (Å²) in [5.41, 5.74) is 1.08. The molecule has 0 aromatic heterocycles. The topological polar surface area (TPSA) is 41.6 Å². The van der Waals surface area contributed by atoms with E-state index in [4.69, 9.17) is 4.74 Å². The molecule has 3 nitrogen and oxygen atoms in total. The maximum atomic E-state index is 11.5. The molecule has 78 valence electrons. The lowest BCUT2D eigenvalue weighted by Gasteiger charge is -2.02. The van der Waals surface area contributed by atoms with E-state index in [0.29, 0.717) is 6.54 Å². The first-order valence-electron chi connectivity index (χ1n) is 4.91. The summed E-state index contributed by atoms with van der Waals surface area (Å²) in [7, 11) is 0. The first-order chi connectivity index (χ1) is 7.31. The van der Waals surface area contributed by atoms with Crippen molar-refractivity contribution in [3.05, 3.63) is 48.6 Å². The van der Waals surface area contributed by atoms with Gasteiger partial charge in [-0.25, -0.2) is 0 Å². The van der Waals surface area contributed by atoms with Crippen LogP contribution in [0.4, 0.5) is 0 Å². The maximum absolute atomic E-state index is 11.5. The van der Waals surface area contributed by atoms with Crippen molar-refractivity contribution in [3.63, 3.8) is 0 Å². The maximum Gasteiger partial charge on any atom is 0.252 e. The Morgan fingerprint density at radius 1 is 1.47 bits per heavy atom. The number of epoxide rings is 1. The summed E-state index contributed by atoms with van der Waals surface area (Å²) in [6.07, 6.45) is 1.22. The van der Waals surface area contributed by atoms with Crippen LogP contribution in [0, 0.1) is 0 Å². The van der Waals surface area contributed by atoms with Crippen molar-refractivity contribution in [2.45, 2.75) is 18.8 Å². The van der Waals surface area contributed by atoms with Gasteiger partial charge >= 0.3 is 0 Å². The monoisotopic (exact) mass is 203 g/mol. The molecular weight excluding hydrogens is 190 g/mol. The van der Waals surface area contributed by atoms with Gasteiger partial charge in [-0.3, -0.25) is 4.79 Å². The number of carbonyl (C=O) groups is 1. The predicted molar refractivity (Wildman–Crippen MR) is 57.1 cm³/mol. The van der Waals surface area contributed by atoms with E-state index in [1.807, 2.05) is 30.3 Å². The lowest BCUT2D eigenvalue weighted by molar-refractivity contribution is -0.122. The summed E-state index contributed by atoms with van der Waals surface area (Å²) < 4.78 is 5.09. The molecule has 1 amide bonds. The van der Waals surface area contributed by atoms with E-state index in [1.165, 1.54) is 0 Å². The van der Waals surface area contributed by atoms with Crippen LogP contribution in [0.1, 0.15) is 5.56 Å². The largest absolute Gasteiger partial charge is 0.355 e. The molecule has 1 aliphatic heterocycles. The number of hydrogen-bond acceptors (Lipinski definition) is 2. The zero-order valence-electron chi connectivity index (χ0n) is 8.35. The highest BCUT2D eigenvalue weighted by atomic mass is 16.6. The van der Waals surface area contributed by atoms with Crippen LogP contribution >= 0.6 is 0 Å². The minimum absolute atomic E-state index is 0.0660. The molecule has 0 spiro atoms. The summed E-state index contributed by atoms with van der Waals surface area (Å²) in [6.45, 7) is 4.11. The normalized spacial score (nSPS) is 23.2. The van der Waals surface area contributed by atoms with Gasteiger partial charge in [0, 0.05) is 6.54 Å². The van der Waals surface area contributed by atoms with E-state index in [9.17, 15) is 4.79 Å². The van der Waals surface area contributed by atoms with Crippen molar-refractivity contribution >= 4 is 5.91 Å². The molecule has 0 unspecified atom stereocenters. The first-order valence-corrected chi connectivity index (χ1v) is 4.91. The lowest BCUT2D eigenvalue weighted by Crippen LogP contribution is -2.28. The Morgan fingerprint density at radius 3 is 2.80 bits per heavy atom. The van der Waals surface area contributed by atoms with Crippen molar-refractivity contribution in [1.82, 2.24) is 5.32 Å². The third-order valence-electron chi connectivity index (χ3n) is 2.33. The predicted octanol–water partition coefficient (Wildman–Crippen LogP) is 1.26. The summed E-state index contributed by atoms with van der Waals surface area (Å²) in [4.78, 5) is 11.5. The van der Waals surface area contributed by atoms with Crippen LogP contribution in [-0.2, 0) is 16.1 Å². The molecule has 1 aliphatic rings. The number of benzene rings is 1. The van der Waals surface area contributed by atoms with Gasteiger partial charge in [-0.1, -0.05) is 36.4 Å². The van der Waals surface area contributed by atoms with Crippen molar-refractivity contribution in [3.8, 4) is 0 Å². The summed E-state index contributed by atoms with van der Waals surface area (Å²) >= 11 is 0. The van der Waals surface area contributed by atoms with E-state index in [-0.39, 0.29) is 18.1 Å². The Hall–Kier alpha value is -1.61. The van der Waals surface area contributed by atoms with E-state index in [0.717, 1.165) is 5.56 Å². The molecule has 1 heterocycles. The zero-order chi connectivity index (χ0) is 10.7. The fourth-order valence-corrected chi connectivity index (χ4v) is 1.40. The van der Waals surface area contributed by atoms with E-state index in [1.54, 1.807) is 6.08 Å². The van der Waals surface area contributed by atoms with Crippen LogP contribution in [0.3, 0.4) is 0 Å². The quantitative estimate of drug-likeness (QED) is 0.591. The van der Waals surface area contributed by atoms with Crippen molar-refractivity contribution in [2.24, 2.45) is 0 Å². The van der Waals surface area contributed by atoms with Crippen molar-refractivity contribution in [2.75, 3.05) is 0 Å². The summed E-state index contributed by atoms with van der Waals surface area (Å²) in [5.74, 6) is -0.0660. The Kier molecular flexibility index (Phi) is 2.83. The van der Waals surface area contributed by atoms with Crippen molar-refractivity contribution in [1.29, 1.82) is 0 Å². The number of rotatable bonds is 4. The Morgan fingerprint density at radius 2 is 2.20 bits per heavy atom. The molecule has 0 aliphatic carbocycles. The SMILES string of the molecule is C=C[C@H]1O[C@H]1C(=O)NCc1ccccc1. The summed E-state index contributed by atoms with van der Waals surface area (Å²) in [6, 6.07) is 9.78. The van der Waals surface area contributed by atoms with Crippen LogP contribution in [-0.4, -0.2) is 18.1 Å². The highest BCUT2D eigenvalue weighted by Crippen LogP contribution is 2.22. The van der Waals surface area contributed by atoms with Crippen LogP contribution in [0.15, 0.2) is 43.0 Å². The molecule has 3 heteroatoms. The standard InChI is InChI=1S/C12H13NO2/c1-2-10-11(15-10)12(14)13-8-9-6-4-3-5-7-9/h2-7,10-11H,1,8H2,(H,13,14)/t10-,11-/m1/s1. The number of hydrogen-bond donors (Lipinski definition) is 1. The second-order valence-electron chi connectivity index (χ2n) is 3.46. The second kappa shape index (κ2) is 4.28. The summed E-state index contributed by atoms with van der Waals surface area (Å²) in [5, 5.41) is 2.81. The molecule has 2 atom stereocenters. The first kappa shape index (κ1) is 9.93. The highest BCUT2D eigenvalue weighted by molar-refractivity contribution is 5.84. The zero-order valence-corrected chi connectivity index (χ0v) is 8.35. The van der Waals surface area contributed by atoms with Gasteiger partial charge < -0.3 is 10.1 Å². The van der Waals surface area contributed by atoms with Gasteiger partial charge in [-0.15, -0.1) is 6.58 Å². The smallest absolute Gasteiger partial charge is 0.252 e. The van der Waals surface area contributed by atoms with E-state index < -0.39 is 0 Å². The molecule has 2 rings (SSSR count). The molecule has 1 saturated heterocycles. The number of ether oxygens (including phenoxy) is 1. The minimum Gasteiger partial charge on any atom is -0.355 e. The van der Waals surface area contributed by atoms with Gasteiger partial charge in [0.15, 0.2) is 6.10 Å². The highest BCUT2D eigenvalue weighted by Gasteiger charge is 2.42. The van der Waals surface area contributed by atoms with Gasteiger partial charge in [0.05, 0.1) is 0 Å². The average Bonchev–Trinajstić information content (AvgIpc) is 3.06. The second-order valence-corrected chi connectivity index (χ2v) is 3.46. The number of amides is 1. The molecule has 0 bridgehead atoms. The van der Waals surface area contributed by atoms with Crippen molar-refractivity contribution < 1.29 is 9.53 Å². The minimum atomic E-state index is -0.328. The lowest BCUT2D eigenvalue weighted by atomic mass is 10.2. The molecule has 1 N–H and O–H groups in total. The fourth-order valence-electron chi connectivity index (χ4n) is 1.40. The molecule has 0 saturated carbocycles. The van der Waals surface area contributed by atoms with Gasteiger partial charge in [-0.05, 0) is 5.56 Å². The van der Waals surface area contributed by atoms with Gasteiger partial charge in [0.25, 0.3) is 5.91 Å². The molecule has 0 radical (unpaired) electrons. The molecule has 1 aromatic carbocycles. The molecular formula is C12H13NO2. The molecule has 15 heavy (non-hydrogen) atoms. The van der Waals surface area contributed by atoms with Gasteiger partial charge in [-0.2, -0.15) is 0 Å². The molecule has 1 aromatic rings. The Labute approximate surface area is 88.8 Å². The van der Waals surface area contributed by atoms with Crippen LogP contribution in [0.2, 0.25) is 0 Å². The van der Waals surface area contributed by atoms with Crippen LogP contribution in [0.5, 0.6) is 0 Å². The number of nitrogens with one attached hydrogen (secondary N) is 1.